The number of methoxy groups -OCH3 is 2. The van der Waals surface area contributed by atoms with Gasteiger partial charge in [0.2, 0.25) is 0 Å². The van der Waals surface area contributed by atoms with E-state index in [9.17, 15) is 14.4 Å². The zero-order valence-corrected chi connectivity index (χ0v) is 19.7. The number of ether oxygens (including phenoxy) is 2. The van der Waals surface area contributed by atoms with E-state index in [1.54, 1.807) is 44.2 Å². The number of hydrogen-bond donors (Lipinski definition) is 3. The van der Waals surface area contributed by atoms with Gasteiger partial charge in [0.25, 0.3) is 5.91 Å². The minimum atomic E-state index is -0.623. The summed E-state index contributed by atoms with van der Waals surface area (Å²) in [6, 6.07) is 8.24. The number of nitrogen functional groups attached to an aromatic ring is 1. The summed E-state index contributed by atoms with van der Waals surface area (Å²) in [7, 11) is 2.60. The van der Waals surface area contributed by atoms with Gasteiger partial charge in [-0.05, 0) is 31.5 Å². The van der Waals surface area contributed by atoms with Gasteiger partial charge in [-0.25, -0.2) is 9.59 Å². The SMILES string of the molecule is COC(=O)C1=C(C)Nc2sc(C(=O)Nc3cc(C)on3)c(N)c2C1c1ccc(C(=O)OC)cc1. The van der Waals surface area contributed by atoms with Gasteiger partial charge >= 0.3 is 11.9 Å². The van der Waals surface area contributed by atoms with Crippen LogP contribution in [0.4, 0.5) is 16.5 Å². The van der Waals surface area contributed by atoms with Crippen molar-refractivity contribution in [1.29, 1.82) is 0 Å². The molecule has 10 nitrogen and oxygen atoms in total. The molecule has 0 bridgehead atoms. The van der Waals surface area contributed by atoms with E-state index < -0.39 is 23.8 Å². The lowest BCUT2D eigenvalue weighted by atomic mass is 9.81. The molecule has 34 heavy (non-hydrogen) atoms. The second kappa shape index (κ2) is 9.02. The maximum Gasteiger partial charge on any atom is 0.337 e. The highest BCUT2D eigenvalue weighted by molar-refractivity contribution is 7.19. The normalized spacial score (nSPS) is 14.8. The van der Waals surface area contributed by atoms with E-state index >= 15 is 0 Å². The van der Waals surface area contributed by atoms with Crippen molar-refractivity contribution in [1.82, 2.24) is 5.16 Å². The molecule has 3 aromatic rings. The fourth-order valence-corrected chi connectivity index (χ4v) is 4.96. The van der Waals surface area contributed by atoms with Crippen molar-refractivity contribution in [3.05, 3.63) is 68.9 Å². The van der Waals surface area contributed by atoms with Gasteiger partial charge in [-0.1, -0.05) is 17.3 Å². The Hall–Kier alpha value is -4.12. The molecule has 176 valence electrons. The summed E-state index contributed by atoms with van der Waals surface area (Å²) in [6.07, 6.45) is 0. The smallest absolute Gasteiger partial charge is 0.337 e. The van der Waals surface area contributed by atoms with E-state index in [4.69, 9.17) is 19.7 Å². The summed E-state index contributed by atoms with van der Waals surface area (Å²) in [4.78, 5) is 37.8. The van der Waals surface area contributed by atoms with Gasteiger partial charge in [0.15, 0.2) is 5.82 Å². The molecule has 4 rings (SSSR count). The number of aryl methyl sites for hydroxylation is 1. The van der Waals surface area contributed by atoms with Gasteiger partial charge in [-0.3, -0.25) is 4.79 Å². The molecule has 1 unspecified atom stereocenters. The highest BCUT2D eigenvalue weighted by atomic mass is 32.1. The summed E-state index contributed by atoms with van der Waals surface area (Å²) >= 11 is 1.16. The predicted molar refractivity (Wildman–Crippen MR) is 126 cm³/mol. The van der Waals surface area contributed by atoms with Gasteiger partial charge < -0.3 is 30.4 Å². The summed E-state index contributed by atoms with van der Waals surface area (Å²) < 4.78 is 14.8. The van der Waals surface area contributed by atoms with Crippen molar-refractivity contribution in [2.24, 2.45) is 0 Å². The molecular formula is C23H22N4O6S. The molecule has 0 saturated heterocycles. The number of benzene rings is 1. The Bertz CT molecular complexity index is 1320. The van der Waals surface area contributed by atoms with Gasteiger partial charge in [0.05, 0.1) is 36.0 Å². The zero-order valence-electron chi connectivity index (χ0n) is 18.8. The van der Waals surface area contributed by atoms with Crippen LogP contribution in [0, 0.1) is 6.92 Å². The maximum atomic E-state index is 13.0. The third-order valence-corrected chi connectivity index (χ3v) is 6.55. The van der Waals surface area contributed by atoms with Crippen LogP contribution in [0.1, 0.15) is 49.8 Å². The number of carbonyl (C=O) groups is 3. The predicted octanol–water partition coefficient (Wildman–Crippen LogP) is 3.67. The summed E-state index contributed by atoms with van der Waals surface area (Å²) in [6.45, 7) is 3.46. The van der Waals surface area contributed by atoms with Crippen LogP contribution in [0.3, 0.4) is 0 Å². The van der Waals surface area contributed by atoms with E-state index in [1.807, 2.05) is 0 Å². The number of nitrogens with zero attached hydrogens (tertiary/aromatic N) is 1. The number of allylic oxidation sites excluding steroid dienone is 1. The van der Waals surface area contributed by atoms with Crippen molar-refractivity contribution in [3.8, 4) is 0 Å². The van der Waals surface area contributed by atoms with E-state index in [0.717, 1.165) is 11.3 Å². The van der Waals surface area contributed by atoms with Crippen LogP contribution >= 0.6 is 11.3 Å². The molecular weight excluding hydrogens is 460 g/mol. The van der Waals surface area contributed by atoms with Crippen LogP contribution in [0.15, 0.2) is 46.1 Å². The van der Waals surface area contributed by atoms with Crippen LogP contribution in [0.2, 0.25) is 0 Å². The highest BCUT2D eigenvalue weighted by Crippen LogP contribution is 2.50. The topological polar surface area (TPSA) is 146 Å². The minimum Gasteiger partial charge on any atom is -0.466 e. The number of nitrogens with two attached hydrogens (primary N) is 1. The molecule has 1 aliphatic heterocycles. The average Bonchev–Trinajstić information content (AvgIpc) is 3.39. The lowest BCUT2D eigenvalue weighted by molar-refractivity contribution is -0.136. The number of hydrogen-bond acceptors (Lipinski definition) is 10. The molecule has 1 atom stereocenters. The van der Waals surface area contributed by atoms with Crippen molar-refractivity contribution in [2.75, 3.05) is 30.6 Å². The first-order chi connectivity index (χ1) is 16.2. The quantitative estimate of drug-likeness (QED) is 0.464. The van der Waals surface area contributed by atoms with Crippen LogP contribution in [-0.2, 0) is 14.3 Å². The Balaban J connectivity index is 1.80. The monoisotopic (exact) mass is 482 g/mol. The van der Waals surface area contributed by atoms with E-state index in [1.165, 1.54) is 14.2 Å². The maximum absolute atomic E-state index is 13.0. The molecule has 0 radical (unpaired) electrons. The first-order valence-corrected chi connectivity index (χ1v) is 11.0. The number of rotatable bonds is 5. The summed E-state index contributed by atoms with van der Waals surface area (Å²) in [5.74, 6) is -1.28. The molecule has 0 aliphatic carbocycles. The van der Waals surface area contributed by atoms with Gasteiger partial charge in [0.1, 0.15) is 10.6 Å². The van der Waals surface area contributed by atoms with Gasteiger partial charge in [-0.15, -0.1) is 11.3 Å². The zero-order chi connectivity index (χ0) is 24.6. The molecule has 4 N–H and O–H groups in total. The van der Waals surface area contributed by atoms with E-state index in [0.29, 0.717) is 38.7 Å². The third-order valence-electron chi connectivity index (χ3n) is 5.41. The summed E-state index contributed by atoms with van der Waals surface area (Å²) in [5, 5.41) is 10.3. The molecule has 1 aliphatic rings. The molecule has 0 fully saturated rings. The van der Waals surface area contributed by atoms with Crippen LogP contribution in [0.25, 0.3) is 0 Å². The minimum absolute atomic E-state index is 0.223. The van der Waals surface area contributed by atoms with Crippen molar-refractivity contribution >= 4 is 45.7 Å². The molecule has 11 heteroatoms. The van der Waals surface area contributed by atoms with Crippen molar-refractivity contribution in [3.63, 3.8) is 0 Å². The number of aromatic nitrogens is 1. The Morgan fingerprint density at radius 3 is 2.38 bits per heavy atom. The van der Waals surface area contributed by atoms with E-state index in [-0.39, 0.29) is 16.4 Å². The fraction of sp³-hybridized carbons (Fsp3) is 0.217. The third kappa shape index (κ3) is 4.01. The Kier molecular flexibility index (Phi) is 6.12. The number of carbonyl (C=O) groups excluding carboxylic acids is 3. The number of thiophene rings is 1. The van der Waals surface area contributed by atoms with E-state index in [2.05, 4.69) is 15.8 Å². The molecule has 2 aromatic heterocycles. The lowest BCUT2D eigenvalue weighted by Gasteiger charge is -2.28. The number of fused-ring (bicyclic) bond motifs is 1. The second-order valence-corrected chi connectivity index (χ2v) is 8.59. The Morgan fingerprint density at radius 2 is 1.79 bits per heavy atom. The number of esters is 2. The van der Waals surface area contributed by atoms with Crippen LogP contribution < -0.4 is 16.4 Å². The summed E-state index contributed by atoms with van der Waals surface area (Å²) in [5.41, 5.74) is 9.25. The largest absolute Gasteiger partial charge is 0.466 e. The van der Waals surface area contributed by atoms with Crippen molar-refractivity contribution in [2.45, 2.75) is 19.8 Å². The number of nitrogens with one attached hydrogen (secondary N) is 2. The molecule has 0 saturated carbocycles. The second-order valence-electron chi connectivity index (χ2n) is 7.57. The highest BCUT2D eigenvalue weighted by Gasteiger charge is 2.38. The first kappa shape index (κ1) is 23.1. The fourth-order valence-electron chi connectivity index (χ4n) is 3.85. The lowest BCUT2D eigenvalue weighted by Crippen LogP contribution is -2.23. The van der Waals surface area contributed by atoms with Crippen LogP contribution in [-0.4, -0.2) is 37.2 Å². The standard InChI is InChI=1S/C23H22N4O6S/c1-10-9-14(27-33-10)26-20(28)19-18(24)17-16(12-5-7-13(8-6-12)22(29)31-3)15(23(30)32-4)11(2)25-21(17)34-19/h5-9,16,25H,24H2,1-4H3,(H,26,27,28). The number of amides is 1. The average molecular weight is 483 g/mol. The Labute approximate surface area is 198 Å². The first-order valence-electron chi connectivity index (χ1n) is 10.2. The van der Waals surface area contributed by atoms with Gasteiger partial charge in [-0.2, -0.15) is 0 Å². The Morgan fingerprint density at radius 1 is 1.12 bits per heavy atom. The molecule has 1 aromatic carbocycles. The molecule has 3 heterocycles. The van der Waals surface area contributed by atoms with Crippen LogP contribution in [0.5, 0.6) is 0 Å². The van der Waals surface area contributed by atoms with Crippen molar-refractivity contribution < 1.29 is 28.4 Å². The number of anilines is 3. The molecule has 0 spiro atoms. The molecule has 1 amide bonds. The van der Waals surface area contributed by atoms with Gasteiger partial charge in [0, 0.05) is 23.2 Å².